The maximum Gasteiger partial charge on any atom is 0.228 e. The standard InChI is InChI=1S/C24H23N3O3S2/c1-15(2)32(29,30)19-9-6-17(7-10-19)14-22(28)26-20-11-8-18(13-16(20)3)23-27-21-5-4-12-25-24(21)31-23/h4-13,15H,14H2,1-3H3,(H,26,28). The maximum absolute atomic E-state index is 12.5. The summed E-state index contributed by atoms with van der Waals surface area (Å²) in [6.07, 6.45) is 1.91. The molecule has 0 unspecified atom stereocenters. The Morgan fingerprint density at radius 2 is 1.84 bits per heavy atom. The van der Waals surface area contributed by atoms with Crippen LogP contribution < -0.4 is 5.32 Å². The number of carbonyl (C=O) groups is 1. The zero-order valence-corrected chi connectivity index (χ0v) is 19.6. The largest absolute Gasteiger partial charge is 0.326 e. The molecule has 2 aromatic carbocycles. The predicted octanol–water partition coefficient (Wildman–Crippen LogP) is 5.03. The van der Waals surface area contributed by atoms with Gasteiger partial charge < -0.3 is 5.32 Å². The number of fused-ring (bicyclic) bond motifs is 1. The number of amides is 1. The number of rotatable bonds is 6. The van der Waals surface area contributed by atoms with E-state index >= 15 is 0 Å². The van der Waals surface area contributed by atoms with E-state index in [1.807, 2.05) is 37.3 Å². The van der Waals surface area contributed by atoms with Gasteiger partial charge in [-0.2, -0.15) is 0 Å². The molecular weight excluding hydrogens is 442 g/mol. The van der Waals surface area contributed by atoms with Crippen LogP contribution in [-0.4, -0.2) is 29.5 Å². The Morgan fingerprint density at radius 1 is 1.09 bits per heavy atom. The molecule has 2 heterocycles. The lowest BCUT2D eigenvalue weighted by atomic mass is 10.1. The van der Waals surface area contributed by atoms with Crippen LogP contribution in [0.25, 0.3) is 20.9 Å². The summed E-state index contributed by atoms with van der Waals surface area (Å²) in [4.78, 5) is 22.7. The van der Waals surface area contributed by atoms with E-state index in [1.54, 1.807) is 44.3 Å². The molecule has 0 bridgehead atoms. The first kappa shape index (κ1) is 22.1. The number of pyridine rings is 1. The molecule has 6 nitrogen and oxygen atoms in total. The SMILES string of the molecule is Cc1cc(-c2nc3cccnc3s2)ccc1NC(=O)Cc1ccc(S(=O)(=O)C(C)C)cc1. The number of hydrogen-bond acceptors (Lipinski definition) is 6. The number of carbonyl (C=O) groups excluding carboxylic acids is 1. The first-order valence-corrected chi connectivity index (χ1v) is 12.6. The van der Waals surface area contributed by atoms with Crippen molar-refractivity contribution in [1.29, 1.82) is 0 Å². The molecule has 1 amide bonds. The molecule has 0 fully saturated rings. The molecule has 0 aliphatic carbocycles. The van der Waals surface area contributed by atoms with Crippen LogP contribution in [0, 0.1) is 6.92 Å². The third kappa shape index (κ3) is 4.56. The molecule has 0 aliphatic rings. The minimum absolute atomic E-state index is 0.159. The number of thiazole rings is 1. The third-order valence-electron chi connectivity index (χ3n) is 5.15. The van der Waals surface area contributed by atoms with Crippen molar-refractivity contribution in [3.05, 3.63) is 71.9 Å². The van der Waals surface area contributed by atoms with E-state index in [1.165, 1.54) is 11.3 Å². The number of nitrogens with one attached hydrogen (secondary N) is 1. The van der Waals surface area contributed by atoms with E-state index in [0.717, 1.165) is 37.7 Å². The zero-order chi connectivity index (χ0) is 22.9. The fourth-order valence-corrected chi connectivity index (χ4v) is 5.24. The van der Waals surface area contributed by atoms with Crippen LogP contribution in [0.5, 0.6) is 0 Å². The van der Waals surface area contributed by atoms with Gasteiger partial charge in [0.2, 0.25) is 5.91 Å². The predicted molar refractivity (Wildman–Crippen MR) is 129 cm³/mol. The quantitative estimate of drug-likeness (QED) is 0.431. The van der Waals surface area contributed by atoms with Crippen molar-refractivity contribution in [3.8, 4) is 10.6 Å². The highest BCUT2D eigenvalue weighted by atomic mass is 32.2. The van der Waals surface area contributed by atoms with E-state index < -0.39 is 15.1 Å². The number of benzene rings is 2. The molecule has 0 saturated heterocycles. The second-order valence-electron chi connectivity index (χ2n) is 7.84. The molecule has 4 rings (SSSR count). The van der Waals surface area contributed by atoms with Crippen molar-refractivity contribution in [2.24, 2.45) is 0 Å². The van der Waals surface area contributed by atoms with Crippen molar-refractivity contribution in [1.82, 2.24) is 9.97 Å². The lowest BCUT2D eigenvalue weighted by Crippen LogP contribution is -2.16. The van der Waals surface area contributed by atoms with Crippen molar-refractivity contribution in [2.75, 3.05) is 5.32 Å². The highest BCUT2D eigenvalue weighted by Gasteiger charge is 2.19. The fourth-order valence-electron chi connectivity index (χ4n) is 3.28. The van der Waals surface area contributed by atoms with Crippen LogP contribution in [0.1, 0.15) is 25.0 Å². The normalized spacial score (nSPS) is 11.8. The molecule has 4 aromatic rings. The van der Waals surface area contributed by atoms with Crippen molar-refractivity contribution >= 4 is 43.1 Å². The molecular formula is C24H23N3O3S2. The van der Waals surface area contributed by atoms with Crippen LogP contribution in [0.15, 0.2) is 65.7 Å². The van der Waals surface area contributed by atoms with Crippen LogP contribution in [-0.2, 0) is 21.1 Å². The molecule has 0 aliphatic heterocycles. The Kier molecular flexibility index (Phi) is 6.08. The number of hydrogen-bond donors (Lipinski definition) is 1. The van der Waals surface area contributed by atoms with Gasteiger partial charge in [0, 0.05) is 17.4 Å². The van der Waals surface area contributed by atoms with Gasteiger partial charge in [-0.05, 0) is 74.4 Å². The Bertz CT molecular complexity index is 1360. The topological polar surface area (TPSA) is 89.0 Å². The first-order valence-electron chi connectivity index (χ1n) is 10.2. The Labute approximate surface area is 191 Å². The Hall–Kier alpha value is -3.10. The average Bonchev–Trinajstić information content (AvgIpc) is 3.20. The van der Waals surface area contributed by atoms with Gasteiger partial charge in [0.1, 0.15) is 15.4 Å². The molecule has 8 heteroatoms. The summed E-state index contributed by atoms with van der Waals surface area (Å²) in [5, 5.41) is 3.34. The minimum atomic E-state index is -3.32. The van der Waals surface area contributed by atoms with Gasteiger partial charge in [-0.1, -0.05) is 23.5 Å². The van der Waals surface area contributed by atoms with E-state index in [-0.39, 0.29) is 17.2 Å². The smallest absolute Gasteiger partial charge is 0.228 e. The average molecular weight is 466 g/mol. The van der Waals surface area contributed by atoms with Crippen LogP contribution in [0.2, 0.25) is 0 Å². The van der Waals surface area contributed by atoms with E-state index in [0.29, 0.717) is 0 Å². The van der Waals surface area contributed by atoms with Crippen LogP contribution in [0.3, 0.4) is 0 Å². The third-order valence-corrected chi connectivity index (χ3v) is 8.35. The highest BCUT2D eigenvalue weighted by molar-refractivity contribution is 7.92. The van der Waals surface area contributed by atoms with Gasteiger partial charge in [-0.15, -0.1) is 0 Å². The monoisotopic (exact) mass is 465 g/mol. The zero-order valence-electron chi connectivity index (χ0n) is 18.0. The fraction of sp³-hybridized carbons (Fsp3) is 0.208. The van der Waals surface area contributed by atoms with Gasteiger partial charge in [0.05, 0.1) is 16.6 Å². The van der Waals surface area contributed by atoms with E-state index in [9.17, 15) is 13.2 Å². The summed E-state index contributed by atoms with van der Waals surface area (Å²) in [6, 6.07) is 16.1. The van der Waals surface area contributed by atoms with Gasteiger partial charge in [-0.25, -0.2) is 18.4 Å². The van der Waals surface area contributed by atoms with Crippen molar-refractivity contribution in [3.63, 3.8) is 0 Å². The summed E-state index contributed by atoms with van der Waals surface area (Å²) < 4.78 is 24.5. The van der Waals surface area contributed by atoms with Gasteiger partial charge in [-0.3, -0.25) is 4.79 Å². The maximum atomic E-state index is 12.5. The first-order chi connectivity index (χ1) is 15.2. The molecule has 1 N–H and O–H groups in total. The lowest BCUT2D eigenvalue weighted by molar-refractivity contribution is -0.115. The van der Waals surface area contributed by atoms with Gasteiger partial charge in [0.15, 0.2) is 9.84 Å². The van der Waals surface area contributed by atoms with Crippen molar-refractivity contribution in [2.45, 2.75) is 37.3 Å². The van der Waals surface area contributed by atoms with Gasteiger partial charge in [0.25, 0.3) is 0 Å². The summed E-state index contributed by atoms with van der Waals surface area (Å²) in [5.41, 5.74) is 4.26. The number of sulfone groups is 1. The molecule has 2 aromatic heterocycles. The molecule has 32 heavy (non-hydrogen) atoms. The second kappa shape index (κ2) is 8.80. The minimum Gasteiger partial charge on any atom is -0.326 e. The summed E-state index contributed by atoms with van der Waals surface area (Å²) in [7, 11) is -3.32. The summed E-state index contributed by atoms with van der Waals surface area (Å²) >= 11 is 1.53. The highest BCUT2D eigenvalue weighted by Crippen LogP contribution is 2.31. The number of anilines is 1. The Balaban J connectivity index is 1.45. The van der Waals surface area contributed by atoms with Crippen LogP contribution in [0.4, 0.5) is 5.69 Å². The number of aromatic nitrogens is 2. The molecule has 0 saturated carbocycles. The Morgan fingerprint density at radius 3 is 2.50 bits per heavy atom. The summed E-state index contributed by atoms with van der Waals surface area (Å²) in [6.45, 7) is 5.24. The number of aryl methyl sites for hydroxylation is 1. The second-order valence-corrected chi connectivity index (χ2v) is 11.3. The molecule has 0 atom stereocenters. The molecule has 164 valence electrons. The van der Waals surface area contributed by atoms with Crippen LogP contribution >= 0.6 is 11.3 Å². The number of nitrogens with zero attached hydrogens (tertiary/aromatic N) is 2. The summed E-state index contributed by atoms with van der Waals surface area (Å²) in [5.74, 6) is -0.162. The molecule has 0 spiro atoms. The van der Waals surface area contributed by atoms with E-state index in [2.05, 4.69) is 15.3 Å². The molecule has 0 radical (unpaired) electrons. The van der Waals surface area contributed by atoms with E-state index in [4.69, 9.17) is 0 Å². The van der Waals surface area contributed by atoms with Gasteiger partial charge >= 0.3 is 0 Å². The lowest BCUT2D eigenvalue weighted by Gasteiger charge is -2.11. The van der Waals surface area contributed by atoms with Crippen molar-refractivity contribution < 1.29 is 13.2 Å².